The fraction of sp³-hybridized carbons (Fsp3) is 0.143. The molecule has 0 bridgehead atoms. The fourth-order valence-electron chi connectivity index (χ4n) is 2.23. The van der Waals surface area contributed by atoms with Gasteiger partial charge in [0.05, 0.1) is 23.3 Å². The quantitative estimate of drug-likeness (QED) is 0.796. The number of carboxylic acid groups (broad SMARTS) is 1. The van der Waals surface area contributed by atoms with Crippen molar-refractivity contribution in [3.05, 3.63) is 52.1 Å². The Morgan fingerprint density at radius 1 is 1.47 bits per heavy atom. The molecule has 5 heteroatoms. The minimum absolute atomic E-state index is 0.321. The largest absolute Gasteiger partial charge is 0.478 e. The number of aromatic nitrogens is 2. The maximum Gasteiger partial charge on any atom is 0.335 e. The number of rotatable bonds is 3. The third-order valence-corrected chi connectivity index (χ3v) is 3.78. The Kier molecular flexibility index (Phi) is 2.83. The lowest BCUT2D eigenvalue weighted by Gasteiger charge is -2.03. The molecule has 0 spiro atoms. The first-order chi connectivity index (χ1) is 9.15. The molecule has 0 radical (unpaired) electrons. The second-order valence-corrected chi connectivity index (χ2v) is 5.18. The van der Waals surface area contributed by atoms with E-state index in [-0.39, 0.29) is 0 Å². The molecule has 0 aliphatic heterocycles. The molecular formula is C14H12N2O2S. The molecule has 3 aromatic rings. The Bertz CT molecular complexity index is 744. The van der Waals surface area contributed by atoms with Crippen LogP contribution >= 0.6 is 11.3 Å². The molecule has 0 saturated heterocycles. The topological polar surface area (TPSA) is 55.1 Å². The number of hydrogen-bond donors (Lipinski definition) is 1. The highest BCUT2D eigenvalue weighted by Gasteiger charge is 2.10. The van der Waals surface area contributed by atoms with Gasteiger partial charge in [0.15, 0.2) is 0 Å². The van der Waals surface area contributed by atoms with Gasteiger partial charge in [-0.15, -0.1) is 11.3 Å². The minimum atomic E-state index is -0.895. The van der Waals surface area contributed by atoms with Crippen LogP contribution in [0.4, 0.5) is 0 Å². The van der Waals surface area contributed by atoms with E-state index in [4.69, 9.17) is 5.11 Å². The molecule has 96 valence electrons. The van der Waals surface area contributed by atoms with Crippen molar-refractivity contribution in [3.8, 4) is 0 Å². The number of aryl methyl sites for hydroxylation is 1. The summed E-state index contributed by atoms with van der Waals surface area (Å²) in [5, 5.41) is 12.0. The lowest BCUT2D eigenvalue weighted by molar-refractivity contribution is 0.0697. The molecule has 3 rings (SSSR count). The van der Waals surface area contributed by atoms with E-state index < -0.39 is 5.97 Å². The maximum atomic E-state index is 11.0. The van der Waals surface area contributed by atoms with Crippen LogP contribution in [0.5, 0.6) is 0 Å². The van der Waals surface area contributed by atoms with Gasteiger partial charge in [-0.1, -0.05) is 0 Å². The molecule has 2 heterocycles. The molecule has 0 aliphatic carbocycles. The van der Waals surface area contributed by atoms with Crippen LogP contribution in [-0.2, 0) is 6.54 Å². The summed E-state index contributed by atoms with van der Waals surface area (Å²) >= 11 is 1.58. The van der Waals surface area contributed by atoms with E-state index in [0.717, 1.165) is 22.2 Å². The summed E-state index contributed by atoms with van der Waals surface area (Å²) in [6, 6.07) is 5.23. The molecule has 0 amide bonds. The van der Waals surface area contributed by atoms with E-state index in [0.29, 0.717) is 12.1 Å². The summed E-state index contributed by atoms with van der Waals surface area (Å²) in [6.45, 7) is 2.70. The Hall–Kier alpha value is -2.14. The van der Waals surface area contributed by atoms with Gasteiger partial charge >= 0.3 is 5.97 Å². The second kappa shape index (κ2) is 4.51. The number of thiazole rings is 1. The van der Waals surface area contributed by atoms with E-state index in [1.165, 1.54) is 0 Å². The molecule has 0 atom stereocenters. The highest BCUT2D eigenvalue weighted by atomic mass is 32.1. The van der Waals surface area contributed by atoms with Crippen LogP contribution in [0.25, 0.3) is 10.9 Å². The molecular weight excluding hydrogens is 260 g/mol. The highest BCUT2D eigenvalue weighted by molar-refractivity contribution is 7.07. The average Bonchev–Trinajstić information content (AvgIpc) is 2.99. The molecule has 0 fully saturated rings. The summed E-state index contributed by atoms with van der Waals surface area (Å²) in [6.07, 6.45) is 2.04. The van der Waals surface area contributed by atoms with Crippen LogP contribution < -0.4 is 0 Å². The first-order valence-electron chi connectivity index (χ1n) is 5.85. The first kappa shape index (κ1) is 11.9. The van der Waals surface area contributed by atoms with Gasteiger partial charge in [-0.3, -0.25) is 0 Å². The normalized spacial score (nSPS) is 11.0. The molecule has 0 aliphatic rings. The van der Waals surface area contributed by atoms with Gasteiger partial charge < -0.3 is 9.67 Å². The number of hydrogen-bond acceptors (Lipinski definition) is 3. The number of fused-ring (bicyclic) bond motifs is 1. The zero-order valence-electron chi connectivity index (χ0n) is 10.3. The monoisotopic (exact) mass is 272 g/mol. The van der Waals surface area contributed by atoms with Crippen molar-refractivity contribution < 1.29 is 9.90 Å². The predicted octanol–water partition coefficient (Wildman–Crippen LogP) is 3.15. The average molecular weight is 272 g/mol. The minimum Gasteiger partial charge on any atom is -0.478 e. The van der Waals surface area contributed by atoms with Gasteiger partial charge in [0, 0.05) is 22.5 Å². The highest BCUT2D eigenvalue weighted by Crippen LogP contribution is 2.23. The fourth-order valence-corrected chi connectivity index (χ4v) is 2.78. The van der Waals surface area contributed by atoms with Crippen LogP contribution in [0.15, 0.2) is 35.3 Å². The van der Waals surface area contributed by atoms with Gasteiger partial charge in [0.1, 0.15) is 0 Å². The lowest BCUT2D eigenvalue weighted by Crippen LogP contribution is -1.99. The number of carboxylic acids is 1. The molecule has 19 heavy (non-hydrogen) atoms. The van der Waals surface area contributed by atoms with Crippen molar-refractivity contribution in [1.82, 2.24) is 9.55 Å². The SMILES string of the molecule is Cc1cn(Cc2cscn2)c2ccc(C(=O)O)cc12. The summed E-state index contributed by atoms with van der Waals surface area (Å²) in [7, 11) is 0. The lowest BCUT2D eigenvalue weighted by atomic mass is 10.1. The third-order valence-electron chi connectivity index (χ3n) is 3.14. The van der Waals surface area contributed by atoms with Gasteiger partial charge in [0.2, 0.25) is 0 Å². The summed E-state index contributed by atoms with van der Waals surface area (Å²) < 4.78 is 2.10. The van der Waals surface area contributed by atoms with E-state index in [2.05, 4.69) is 9.55 Å². The Labute approximate surface area is 113 Å². The van der Waals surface area contributed by atoms with Crippen molar-refractivity contribution in [2.45, 2.75) is 13.5 Å². The van der Waals surface area contributed by atoms with Gasteiger partial charge in [-0.05, 0) is 30.7 Å². The second-order valence-electron chi connectivity index (χ2n) is 4.46. The van der Waals surface area contributed by atoms with Crippen LogP contribution in [-0.4, -0.2) is 20.6 Å². The molecule has 4 nitrogen and oxygen atoms in total. The molecule has 2 aromatic heterocycles. The molecule has 1 N–H and O–H groups in total. The Morgan fingerprint density at radius 2 is 2.32 bits per heavy atom. The van der Waals surface area contributed by atoms with Crippen molar-refractivity contribution in [2.24, 2.45) is 0 Å². The van der Waals surface area contributed by atoms with Crippen molar-refractivity contribution >= 4 is 28.2 Å². The van der Waals surface area contributed by atoms with Crippen LogP contribution in [0.3, 0.4) is 0 Å². The van der Waals surface area contributed by atoms with E-state index in [1.54, 1.807) is 23.5 Å². The molecule has 0 saturated carbocycles. The Morgan fingerprint density at radius 3 is 3.00 bits per heavy atom. The smallest absolute Gasteiger partial charge is 0.335 e. The van der Waals surface area contributed by atoms with Crippen LogP contribution in [0.1, 0.15) is 21.6 Å². The van der Waals surface area contributed by atoms with Crippen molar-refractivity contribution in [3.63, 3.8) is 0 Å². The van der Waals surface area contributed by atoms with E-state index in [1.807, 2.05) is 30.1 Å². The van der Waals surface area contributed by atoms with Crippen molar-refractivity contribution in [2.75, 3.05) is 0 Å². The van der Waals surface area contributed by atoms with E-state index >= 15 is 0 Å². The molecule has 1 aromatic carbocycles. The number of aromatic carboxylic acids is 1. The zero-order chi connectivity index (χ0) is 13.4. The van der Waals surface area contributed by atoms with E-state index in [9.17, 15) is 4.79 Å². The van der Waals surface area contributed by atoms with Crippen LogP contribution in [0.2, 0.25) is 0 Å². The summed E-state index contributed by atoms with van der Waals surface area (Å²) in [5.41, 5.74) is 5.27. The maximum absolute atomic E-state index is 11.0. The Balaban J connectivity index is 2.09. The first-order valence-corrected chi connectivity index (χ1v) is 6.79. The summed E-state index contributed by atoms with van der Waals surface area (Å²) in [4.78, 5) is 15.3. The number of carbonyl (C=O) groups is 1. The van der Waals surface area contributed by atoms with Crippen molar-refractivity contribution in [1.29, 1.82) is 0 Å². The summed E-state index contributed by atoms with van der Waals surface area (Å²) in [5.74, 6) is -0.895. The van der Waals surface area contributed by atoms with Gasteiger partial charge in [-0.25, -0.2) is 9.78 Å². The standard InChI is InChI=1S/C14H12N2O2S/c1-9-5-16(6-11-7-19-8-15-11)13-3-2-10(14(17)18)4-12(9)13/h2-5,7-8H,6H2,1H3,(H,17,18). The van der Waals surface area contributed by atoms with Crippen LogP contribution in [0, 0.1) is 6.92 Å². The zero-order valence-corrected chi connectivity index (χ0v) is 11.1. The molecule has 0 unspecified atom stereocenters. The predicted molar refractivity (Wildman–Crippen MR) is 74.9 cm³/mol. The third kappa shape index (κ3) is 2.13. The van der Waals surface area contributed by atoms with Gasteiger partial charge in [-0.2, -0.15) is 0 Å². The number of nitrogens with zero attached hydrogens (tertiary/aromatic N) is 2. The number of benzene rings is 1. The van der Waals surface area contributed by atoms with Gasteiger partial charge in [0.25, 0.3) is 0 Å².